The van der Waals surface area contributed by atoms with Gasteiger partial charge >= 0.3 is 0 Å². The number of hydrogen-bond acceptors (Lipinski definition) is 4. The summed E-state index contributed by atoms with van der Waals surface area (Å²) in [4.78, 5) is 6.49. The summed E-state index contributed by atoms with van der Waals surface area (Å²) >= 11 is 3.56. The van der Waals surface area contributed by atoms with Gasteiger partial charge in [0, 0.05) is 49.7 Å². The molecule has 0 bridgehead atoms. The highest BCUT2D eigenvalue weighted by Gasteiger charge is 2.44. The normalized spacial score (nSPS) is 22.0. The number of guanidine groups is 1. The molecule has 2 fully saturated rings. The number of aliphatic imine (C=N–C) groups is 1. The van der Waals surface area contributed by atoms with Gasteiger partial charge in [-0.15, -0.1) is 0 Å². The largest absolute Gasteiger partial charge is 0.356 e. The van der Waals surface area contributed by atoms with Gasteiger partial charge in [-0.2, -0.15) is 0 Å². The summed E-state index contributed by atoms with van der Waals surface area (Å²) in [5.74, 6) is 1.35. The molecule has 0 atom stereocenters. The van der Waals surface area contributed by atoms with Crippen LogP contribution in [-0.2, 0) is 15.3 Å². The van der Waals surface area contributed by atoms with Gasteiger partial charge < -0.3 is 10.6 Å². The van der Waals surface area contributed by atoms with Gasteiger partial charge in [-0.1, -0.05) is 28.1 Å². The second-order valence-electron chi connectivity index (χ2n) is 7.14. The van der Waals surface area contributed by atoms with Crippen molar-refractivity contribution in [3.63, 3.8) is 0 Å². The van der Waals surface area contributed by atoms with Crippen molar-refractivity contribution in [2.45, 2.75) is 18.3 Å². The molecular weight excluding hydrogens is 416 g/mol. The maximum absolute atomic E-state index is 11.5. The molecule has 0 unspecified atom stereocenters. The number of hydrogen-bond donors (Lipinski definition) is 2. The molecule has 1 aromatic rings. The highest BCUT2D eigenvalue weighted by Crippen LogP contribution is 2.48. The van der Waals surface area contributed by atoms with E-state index in [2.05, 4.69) is 60.7 Å². The molecule has 3 rings (SSSR count). The molecular formula is C18H27BrN4O2S. The fourth-order valence-corrected chi connectivity index (χ4v) is 4.99. The lowest BCUT2D eigenvalue weighted by atomic mass is 9.96. The van der Waals surface area contributed by atoms with E-state index in [9.17, 15) is 8.42 Å². The van der Waals surface area contributed by atoms with Crippen LogP contribution >= 0.6 is 15.9 Å². The zero-order valence-corrected chi connectivity index (χ0v) is 17.6. The Morgan fingerprint density at radius 2 is 2.00 bits per heavy atom. The standard InChI is InChI=1S/C18H27BrN4O2S/c1-20-17(21-7-8-23-9-11-26(24,25)12-10-23)22-14-18(5-6-18)15-3-2-4-16(19)13-15/h2-4,13H,5-12,14H2,1H3,(H2,20,21,22). The third kappa shape index (κ3) is 5.20. The molecule has 1 saturated carbocycles. The molecule has 1 aliphatic heterocycles. The van der Waals surface area contributed by atoms with E-state index >= 15 is 0 Å². The molecule has 0 amide bonds. The van der Waals surface area contributed by atoms with Crippen molar-refractivity contribution in [2.75, 3.05) is 51.3 Å². The summed E-state index contributed by atoms with van der Waals surface area (Å²) in [5.41, 5.74) is 1.58. The molecule has 2 N–H and O–H groups in total. The van der Waals surface area contributed by atoms with Gasteiger partial charge in [0.05, 0.1) is 11.5 Å². The molecule has 26 heavy (non-hydrogen) atoms. The van der Waals surface area contributed by atoms with Crippen LogP contribution in [0.25, 0.3) is 0 Å². The first-order chi connectivity index (χ1) is 12.4. The average Bonchev–Trinajstić information content (AvgIpc) is 3.40. The van der Waals surface area contributed by atoms with Crippen LogP contribution in [0.4, 0.5) is 0 Å². The molecule has 144 valence electrons. The van der Waals surface area contributed by atoms with Gasteiger partial charge in [0.1, 0.15) is 0 Å². The number of sulfone groups is 1. The lowest BCUT2D eigenvalue weighted by Crippen LogP contribution is -2.46. The van der Waals surface area contributed by atoms with Crippen molar-refractivity contribution in [1.82, 2.24) is 15.5 Å². The molecule has 6 nitrogen and oxygen atoms in total. The number of benzene rings is 1. The van der Waals surface area contributed by atoms with Gasteiger partial charge in [0.25, 0.3) is 0 Å². The lowest BCUT2D eigenvalue weighted by molar-refractivity contribution is 0.299. The lowest BCUT2D eigenvalue weighted by Gasteiger charge is -2.27. The zero-order valence-electron chi connectivity index (χ0n) is 15.2. The zero-order chi connectivity index (χ0) is 18.6. The molecule has 0 aromatic heterocycles. The Kier molecular flexibility index (Phi) is 6.25. The van der Waals surface area contributed by atoms with E-state index in [4.69, 9.17) is 0 Å². The van der Waals surface area contributed by atoms with Crippen LogP contribution in [0, 0.1) is 0 Å². The van der Waals surface area contributed by atoms with Crippen LogP contribution in [0.5, 0.6) is 0 Å². The van der Waals surface area contributed by atoms with Crippen molar-refractivity contribution >= 4 is 31.7 Å². The topological polar surface area (TPSA) is 73.8 Å². The molecule has 2 aliphatic rings. The predicted octanol–water partition coefficient (Wildman–Crippen LogP) is 1.38. The molecule has 1 heterocycles. The fourth-order valence-electron chi connectivity index (χ4n) is 3.32. The number of halogens is 1. The predicted molar refractivity (Wildman–Crippen MR) is 110 cm³/mol. The van der Waals surface area contributed by atoms with Crippen LogP contribution in [0.1, 0.15) is 18.4 Å². The Bertz CT molecular complexity index is 748. The second-order valence-corrected chi connectivity index (χ2v) is 10.4. The van der Waals surface area contributed by atoms with Gasteiger partial charge in [-0.3, -0.25) is 9.89 Å². The van der Waals surface area contributed by atoms with E-state index < -0.39 is 9.84 Å². The highest BCUT2D eigenvalue weighted by atomic mass is 79.9. The Morgan fingerprint density at radius 3 is 2.62 bits per heavy atom. The molecule has 1 saturated heterocycles. The molecule has 0 spiro atoms. The van der Waals surface area contributed by atoms with E-state index in [1.807, 2.05) is 0 Å². The third-order valence-electron chi connectivity index (χ3n) is 5.27. The summed E-state index contributed by atoms with van der Waals surface area (Å²) in [5, 5.41) is 6.79. The summed E-state index contributed by atoms with van der Waals surface area (Å²) < 4.78 is 24.1. The van der Waals surface area contributed by atoms with Crippen LogP contribution in [0.15, 0.2) is 33.7 Å². The van der Waals surface area contributed by atoms with E-state index in [0.717, 1.165) is 30.1 Å². The minimum atomic E-state index is -2.81. The Hall–Kier alpha value is -1.12. The van der Waals surface area contributed by atoms with Gasteiger partial charge in [-0.05, 0) is 30.5 Å². The van der Waals surface area contributed by atoms with E-state index in [-0.39, 0.29) is 16.9 Å². The van der Waals surface area contributed by atoms with Crippen molar-refractivity contribution in [3.8, 4) is 0 Å². The minimum Gasteiger partial charge on any atom is -0.356 e. The van der Waals surface area contributed by atoms with Gasteiger partial charge in [-0.25, -0.2) is 8.42 Å². The van der Waals surface area contributed by atoms with Crippen molar-refractivity contribution in [1.29, 1.82) is 0 Å². The van der Waals surface area contributed by atoms with Crippen LogP contribution in [0.2, 0.25) is 0 Å². The molecule has 1 aliphatic carbocycles. The first-order valence-electron chi connectivity index (χ1n) is 9.06. The highest BCUT2D eigenvalue weighted by molar-refractivity contribution is 9.10. The van der Waals surface area contributed by atoms with Gasteiger partial charge in [0.2, 0.25) is 0 Å². The Balaban J connectivity index is 1.43. The van der Waals surface area contributed by atoms with Crippen molar-refractivity contribution < 1.29 is 8.42 Å². The quantitative estimate of drug-likeness (QED) is 0.514. The average molecular weight is 443 g/mol. The van der Waals surface area contributed by atoms with Crippen molar-refractivity contribution in [3.05, 3.63) is 34.3 Å². The molecule has 1 aromatic carbocycles. The molecule has 8 heteroatoms. The van der Waals surface area contributed by atoms with Crippen molar-refractivity contribution in [2.24, 2.45) is 4.99 Å². The fraction of sp³-hybridized carbons (Fsp3) is 0.611. The Labute approximate surface area is 164 Å². The number of rotatable bonds is 6. The summed E-state index contributed by atoms with van der Waals surface area (Å²) in [6.45, 7) is 3.70. The first kappa shape index (κ1) is 19.6. The number of nitrogens with one attached hydrogen (secondary N) is 2. The summed E-state index contributed by atoms with van der Waals surface area (Å²) in [6, 6.07) is 8.54. The van der Waals surface area contributed by atoms with Crippen LogP contribution in [0.3, 0.4) is 0 Å². The summed E-state index contributed by atoms with van der Waals surface area (Å²) in [6.07, 6.45) is 2.38. The molecule has 0 radical (unpaired) electrons. The smallest absolute Gasteiger partial charge is 0.191 e. The summed E-state index contributed by atoms with van der Waals surface area (Å²) in [7, 11) is -1.03. The van der Waals surface area contributed by atoms with E-state index in [1.165, 1.54) is 18.4 Å². The minimum absolute atomic E-state index is 0.211. The van der Waals surface area contributed by atoms with E-state index in [1.54, 1.807) is 7.05 Å². The van der Waals surface area contributed by atoms with Crippen LogP contribution < -0.4 is 10.6 Å². The SMILES string of the molecule is CN=C(NCCN1CCS(=O)(=O)CC1)NCC1(c2cccc(Br)c2)CC1. The maximum Gasteiger partial charge on any atom is 0.191 e. The maximum atomic E-state index is 11.5. The first-order valence-corrected chi connectivity index (χ1v) is 11.7. The van der Waals surface area contributed by atoms with Gasteiger partial charge in [0.15, 0.2) is 15.8 Å². The monoisotopic (exact) mass is 442 g/mol. The Morgan fingerprint density at radius 1 is 1.27 bits per heavy atom. The van der Waals surface area contributed by atoms with Crippen LogP contribution in [-0.4, -0.2) is 70.6 Å². The number of nitrogens with zero attached hydrogens (tertiary/aromatic N) is 2. The third-order valence-corrected chi connectivity index (χ3v) is 7.37. The second kappa shape index (κ2) is 8.27. The van der Waals surface area contributed by atoms with E-state index in [0.29, 0.717) is 13.1 Å².